The predicted molar refractivity (Wildman–Crippen MR) is 83.2 cm³/mol. The molecule has 0 spiro atoms. The number of hydrogen-bond donors (Lipinski definition) is 1. The zero-order valence-corrected chi connectivity index (χ0v) is 11.7. The van der Waals surface area contributed by atoms with Gasteiger partial charge >= 0.3 is 0 Å². The fourth-order valence-electron chi connectivity index (χ4n) is 2.88. The van der Waals surface area contributed by atoms with Crippen molar-refractivity contribution in [3.8, 4) is 11.3 Å². The number of fused-ring (bicyclic) bond motifs is 1. The molecule has 1 aromatic carbocycles. The van der Waals surface area contributed by atoms with Crippen molar-refractivity contribution >= 4 is 11.3 Å². The normalized spacial score (nSPS) is 18.5. The summed E-state index contributed by atoms with van der Waals surface area (Å²) in [6, 6.07) is 12.5. The van der Waals surface area contributed by atoms with E-state index in [1.165, 1.54) is 0 Å². The zero-order chi connectivity index (χ0) is 14.2. The van der Waals surface area contributed by atoms with E-state index in [1.54, 1.807) is 6.20 Å². The molecule has 1 aliphatic heterocycles. The van der Waals surface area contributed by atoms with E-state index < -0.39 is 0 Å². The summed E-state index contributed by atoms with van der Waals surface area (Å²) in [5.41, 5.74) is 9.13. The third-order valence-corrected chi connectivity index (χ3v) is 3.96. The third kappa shape index (κ3) is 2.15. The molecule has 1 atom stereocenters. The standard InChI is InChI=1S/C16H17N5/c17-13-6-8-20(11-13)16-15-10-14(12-4-2-1-3-5-12)19-21(15)9-7-18-16/h1-5,7,9-10,13H,6,8,11,17H2. The van der Waals surface area contributed by atoms with E-state index in [2.05, 4.69) is 33.2 Å². The number of nitrogens with zero attached hydrogens (tertiary/aromatic N) is 4. The molecule has 1 fully saturated rings. The highest BCUT2D eigenvalue weighted by atomic mass is 15.3. The lowest BCUT2D eigenvalue weighted by Crippen LogP contribution is -2.27. The van der Waals surface area contributed by atoms with Crippen molar-refractivity contribution in [2.24, 2.45) is 5.73 Å². The summed E-state index contributed by atoms with van der Waals surface area (Å²) in [7, 11) is 0. The quantitative estimate of drug-likeness (QED) is 0.778. The Morgan fingerprint density at radius 1 is 1.19 bits per heavy atom. The van der Waals surface area contributed by atoms with E-state index in [9.17, 15) is 0 Å². The van der Waals surface area contributed by atoms with Gasteiger partial charge in [-0.15, -0.1) is 0 Å². The number of hydrogen-bond acceptors (Lipinski definition) is 4. The van der Waals surface area contributed by atoms with Gasteiger partial charge in [0.2, 0.25) is 0 Å². The molecule has 1 aliphatic rings. The Balaban J connectivity index is 1.81. The molecule has 1 unspecified atom stereocenters. The predicted octanol–water partition coefficient (Wildman–Crippen LogP) is 1.93. The van der Waals surface area contributed by atoms with Gasteiger partial charge in [0.25, 0.3) is 0 Å². The van der Waals surface area contributed by atoms with E-state index in [-0.39, 0.29) is 6.04 Å². The average molecular weight is 279 g/mol. The molecule has 21 heavy (non-hydrogen) atoms. The topological polar surface area (TPSA) is 59.5 Å². The second-order valence-electron chi connectivity index (χ2n) is 5.47. The Morgan fingerprint density at radius 3 is 2.81 bits per heavy atom. The highest BCUT2D eigenvalue weighted by Crippen LogP contribution is 2.26. The van der Waals surface area contributed by atoms with Gasteiger partial charge < -0.3 is 10.6 Å². The highest BCUT2D eigenvalue weighted by Gasteiger charge is 2.22. The van der Waals surface area contributed by atoms with Crippen molar-refractivity contribution < 1.29 is 0 Å². The number of anilines is 1. The number of benzene rings is 1. The van der Waals surface area contributed by atoms with Gasteiger partial charge in [-0.05, 0) is 12.5 Å². The lowest BCUT2D eigenvalue weighted by Gasteiger charge is -2.17. The Bertz CT molecular complexity index is 765. The van der Waals surface area contributed by atoms with Crippen LogP contribution in [0.3, 0.4) is 0 Å². The van der Waals surface area contributed by atoms with Crippen LogP contribution in [0.2, 0.25) is 0 Å². The van der Waals surface area contributed by atoms with Crippen LogP contribution in [0.4, 0.5) is 5.82 Å². The first-order chi connectivity index (χ1) is 10.3. The first-order valence-electron chi connectivity index (χ1n) is 7.21. The van der Waals surface area contributed by atoms with Crippen LogP contribution < -0.4 is 10.6 Å². The summed E-state index contributed by atoms with van der Waals surface area (Å²) in [6.45, 7) is 1.82. The molecular weight excluding hydrogens is 262 g/mol. The second-order valence-corrected chi connectivity index (χ2v) is 5.47. The number of rotatable bonds is 2. The lowest BCUT2D eigenvalue weighted by molar-refractivity contribution is 0.751. The van der Waals surface area contributed by atoms with Gasteiger partial charge in [0.15, 0.2) is 5.82 Å². The van der Waals surface area contributed by atoms with Gasteiger partial charge in [-0.3, -0.25) is 0 Å². The molecule has 3 heterocycles. The van der Waals surface area contributed by atoms with E-state index in [0.29, 0.717) is 0 Å². The third-order valence-electron chi connectivity index (χ3n) is 3.96. The summed E-state index contributed by atoms with van der Waals surface area (Å²) >= 11 is 0. The van der Waals surface area contributed by atoms with Crippen molar-refractivity contribution in [3.63, 3.8) is 0 Å². The van der Waals surface area contributed by atoms with Crippen molar-refractivity contribution in [3.05, 3.63) is 48.8 Å². The van der Waals surface area contributed by atoms with Gasteiger partial charge in [0.05, 0.1) is 5.69 Å². The number of aromatic nitrogens is 3. The van der Waals surface area contributed by atoms with Crippen LogP contribution >= 0.6 is 0 Å². The van der Waals surface area contributed by atoms with Gasteiger partial charge in [0, 0.05) is 37.1 Å². The Hall–Kier alpha value is -2.40. The molecule has 0 bridgehead atoms. The summed E-state index contributed by atoms with van der Waals surface area (Å²) in [4.78, 5) is 6.79. The number of nitrogens with two attached hydrogens (primary N) is 1. The smallest absolute Gasteiger partial charge is 0.154 e. The average Bonchev–Trinajstić information content (AvgIpc) is 3.14. The minimum atomic E-state index is 0.239. The molecule has 0 aliphatic carbocycles. The first kappa shape index (κ1) is 12.3. The molecule has 0 radical (unpaired) electrons. The molecule has 3 aromatic rings. The summed E-state index contributed by atoms with van der Waals surface area (Å²) < 4.78 is 1.90. The Morgan fingerprint density at radius 2 is 2.05 bits per heavy atom. The summed E-state index contributed by atoms with van der Waals surface area (Å²) in [5.74, 6) is 0.972. The van der Waals surface area contributed by atoms with Crippen LogP contribution in [0.5, 0.6) is 0 Å². The van der Waals surface area contributed by atoms with E-state index in [1.807, 2.05) is 28.9 Å². The van der Waals surface area contributed by atoms with Crippen LogP contribution in [-0.2, 0) is 0 Å². The zero-order valence-electron chi connectivity index (χ0n) is 11.7. The fourth-order valence-corrected chi connectivity index (χ4v) is 2.88. The Kier molecular flexibility index (Phi) is 2.86. The minimum absolute atomic E-state index is 0.239. The minimum Gasteiger partial charge on any atom is -0.353 e. The van der Waals surface area contributed by atoms with Crippen molar-refractivity contribution in [2.45, 2.75) is 12.5 Å². The van der Waals surface area contributed by atoms with Crippen molar-refractivity contribution in [2.75, 3.05) is 18.0 Å². The fraction of sp³-hybridized carbons (Fsp3) is 0.250. The van der Waals surface area contributed by atoms with Crippen LogP contribution in [0, 0.1) is 0 Å². The van der Waals surface area contributed by atoms with Crippen LogP contribution in [0.15, 0.2) is 48.8 Å². The van der Waals surface area contributed by atoms with Gasteiger partial charge in [-0.2, -0.15) is 5.10 Å². The largest absolute Gasteiger partial charge is 0.353 e. The maximum atomic E-state index is 6.01. The summed E-state index contributed by atoms with van der Waals surface area (Å²) in [5, 5.41) is 4.65. The molecule has 1 saturated heterocycles. The molecule has 4 rings (SSSR count). The van der Waals surface area contributed by atoms with Crippen molar-refractivity contribution in [1.29, 1.82) is 0 Å². The van der Waals surface area contributed by atoms with E-state index >= 15 is 0 Å². The molecule has 0 saturated carbocycles. The van der Waals surface area contributed by atoms with Gasteiger partial charge in [-0.1, -0.05) is 30.3 Å². The van der Waals surface area contributed by atoms with Crippen LogP contribution in [0.25, 0.3) is 16.8 Å². The van der Waals surface area contributed by atoms with Crippen LogP contribution in [0.1, 0.15) is 6.42 Å². The van der Waals surface area contributed by atoms with Crippen LogP contribution in [-0.4, -0.2) is 33.7 Å². The van der Waals surface area contributed by atoms with Gasteiger partial charge in [-0.25, -0.2) is 9.50 Å². The Labute approximate surface area is 123 Å². The SMILES string of the molecule is NC1CCN(c2nccn3nc(-c4ccccc4)cc23)C1. The molecule has 2 aromatic heterocycles. The maximum Gasteiger partial charge on any atom is 0.154 e. The lowest BCUT2D eigenvalue weighted by atomic mass is 10.1. The van der Waals surface area contributed by atoms with Gasteiger partial charge in [0.1, 0.15) is 5.52 Å². The van der Waals surface area contributed by atoms with E-state index in [4.69, 9.17) is 5.73 Å². The maximum absolute atomic E-state index is 6.01. The molecule has 5 heteroatoms. The monoisotopic (exact) mass is 279 g/mol. The molecular formula is C16H17N5. The van der Waals surface area contributed by atoms with Crippen molar-refractivity contribution in [1.82, 2.24) is 14.6 Å². The highest BCUT2D eigenvalue weighted by molar-refractivity contribution is 5.75. The summed E-state index contributed by atoms with van der Waals surface area (Å²) in [6.07, 6.45) is 4.71. The van der Waals surface area contributed by atoms with E-state index in [0.717, 1.165) is 42.1 Å². The molecule has 0 amide bonds. The molecule has 5 nitrogen and oxygen atoms in total. The first-order valence-corrected chi connectivity index (χ1v) is 7.21. The molecule has 2 N–H and O–H groups in total. The molecule has 106 valence electrons. The second kappa shape index (κ2) is 4.86.